The van der Waals surface area contributed by atoms with Gasteiger partial charge in [-0.05, 0) is 30.9 Å². The molecule has 3 nitrogen and oxygen atoms in total. The zero-order chi connectivity index (χ0) is 7.98. The van der Waals surface area contributed by atoms with E-state index in [9.17, 15) is 0 Å². The average molecular weight is 175 g/mol. The molecule has 0 aromatic carbocycles. The summed E-state index contributed by atoms with van der Waals surface area (Å²) in [7, 11) is 0. The highest BCUT2D eigenvalue weighted by molar-refractivity contribution is 7.81. The first-order chi connectivity index (χ1) is 4.66. The van der Waals surface area contributed by atoms with Crippen LogP contribution in [0.4, 0.5) is 0 Å². The fourth-order valence-electron chi connectivity index (χ4n) is 0.312. The lowest BCUT2D eigenvalue weighted by atomic mass is 10.5. The molecule has 0 aliphatic heterocycles. The minimum absolute atomic E-state index is 0.151. The van der Waals surface area contributed by atoms with Crippen LogP contribution in [-0.2, 0) is 0 Å². The van der Waals surface area contributed by atoms with Crippen LogP contribution in [0.1, 0.15) is 13.3 Å². The second-order valence-corrected chi connectivity index (χ2v) is 2.34. The van der Waals surface area contributed by atoms with Crippen LogP contribution in [0, 0.1) is 0 Å². The highest BCUT2D eigenvalue weighted by atomic mass is 32.1. The molecular weight excluding hydrogens is 166 g/mol. The molecule has 3 N–H and O–H groups in total. The summed E-state index contributed by atoms with van der Waals surface area (Å²) >= 11 is 9.25. The van der Waals surface area contributed by atoms with Gasteiger partial charge < -0.3 is 11.1 Å². The van der Waals surface area contributed by atoms with Crippen molar-refractivity contribution in [2.45, 2.75) is 13.3 Å². The lowest BCUT2D eigenvalue weighted by molar-refractivity contribution is 1.30. The lowest BCUT2D eigenvalue weighted by Crippen LogP contribution is -2.32. The van der Waals surface area contributed by atoms with Crippen molar-refractivity contribution in [3.63, 3.8) is 0 Å². The Kier molecular flexibility index (Phi) is 4.96. The van der Waals surface area contributed by atoms with Crippen molar-refractivity contribution in [1.29, 1.82) is 0 Å². The largest absolute Gasteiger partial charge is 0.376 e. The monoisotopic (exact) mass is 175 g/mol. The quantitative estimate of drug-likeness (QED) is 0.452. The first-order valence-electron chi connectivity index (χ1n) is 2.79. The minimum atomic E-state index is 0.151. The van der Waals surface area contributed by atoms with E-state index in [0.29, 0.717) is 5.11 Å². The summed E-state index contributed by atoms with van der Waals surface area (Å²) in [5, 5.41) is 2.99. The molecule has 0 aliphatic rings. The van der Waals surface area contributed by atoms with E-state index in [2.05, 4.69) is 22.5 Å². The van der Waals surface area contributed by atoms with Crippen molar-refractivity contribution in [1.82, 2.24) is 5.32 Å². The lowest BCUT2D eigenvalue weighted by Gasteiger charge is -1.97. The maximum absolute atomic E-state index is 5.12. The normalized spacial score (nSPS) is 9.70. The second-order valence-electron chi connectivity index (χ2n) is 1.51. The number of hydrogen-bond donors (Lipinski definition) is 2. The smallest absolute Gasteiger partial charge is 0.198 e. The molecule has 0 aromatic heterocycles. The molecule has 0 fully saturated rings. The molecule has 0 saturated carbocycles. The van der Waals surface area contributed by atoms with Gasteiger partial charge in [0.05, 0.1) is 0 Å². The Balaban J connectivity index is 3.64. The molecule has 0 heterocycles. The Hall–Kier alpha value is -0.550. The zero-order valence-electron chi connectivity index (χ0n) is 5.63. The summed E-state index contributed by atoms with van der Waals surface area (Å²) in [5.74, 6) is 0. The third kappa shape index (κ3) is 5.58. The molecule has 0 atom stereocenters. The van der Waals surface area contributed by atoms with Gasteiger partial charge in [-0.3, -0.25) is 0 Å². The van der Waals surface area contributed by atoms with E-state index in [1.807, 2.05) is 6.92 Å². The Labute approximate surface area is 70.7 Å². The van der Waals surface area contributed by atoms with E-state index in [0.717, 1.165) is 6.42 Å². The summed E-state index contributed by atoms with van der Waals surface area (Å²) in [6.45, 7) is 1.97. The van der Waals surface area contributed by atoms with Gasteiger partial charge in [0.1, 0.15) is 0 Å². The number of hydrogen-bond acceptors (Lipinski definition) is 2. The van der Waals surface area contributed by atoms with Crippen LogP contribution >= 0.6 is 24.4 Å². The number of nitrogens with zero attached hydrogens (tertiary/aromatic N) is 1. The number of thiocarbonyl (C=S) groups is 2. The summed E-state index contributed by atoms with van der Waals surface area (Å²) in [4.78, 5) is 3.81. The SMILES string of the molecule is CCC=NC(=S)NC(N)=S. The molecule has 0 aromatic rings. The van der Waals surface area contributed by atoms with Crippen LogP contribution in [0.5, 0.6) is 0 Å². The van der Waals surface area contributed by atoms with E-state index in [1.54, 1.807) is 6.21 Å². The molecule has 0 rings (SSSR count). The van der Waals surface area contributed by atoms with E-state index >= 15 is 0 Å². The molecule has 5 heteroatoms. The van der Waals surface area contributed by atoms with Crippen molar-refractivity contribution < 1.29 is 0 Å². The summed E-state index contributed by atoms with van der Waals surface area (Å²) in [5.41, 5.74) is 5.12. The fraction of sp³-hybridized carbons (Fsp3) is 0.400. The molecule has 0 bridgehead atoms. The third-order valence-corrected chi connectivity index (χ3v) is 0.931. The van der Waals surface area contributed by atoms with E-state index in [-0.39, 0.29) is 5.11 Å². The van der Waals surface area contributed by atoms with Crippen LogP contribution in [0.3, 0.4) is 0 Å². The van der Waals surface area contributed by atoms with Gasteiger partial charge in [0, 0.05) is 6.21 Å². The van der Waals surface area contributed by atoms with Gasteiger partial charge in [-0.2, -0.15) is 0 Å². The molecule has 0 radical (unpaired) electrons. The minimum Gasteiger partial charge on any atom is -0.376 e. The number of aliphatic imine (C=N–C) groups is 1. The second kappa shape index (κ2) is 5.25. The third-order valence-electron chi connectivity index (χ3n) is 0.621. The van der Waals surface area contributed by atoms with Crippen LogP contribution in [0.25, 0.3) is 0 Å². The molecule has 0 unspecified atom stereocenters. The maximum atomic E-state index is 5.12. The first-order valence-corrected chi connectivity index (χ1v) is 3.61. The van der Waals surface area contributed by atoms with Crippen molar-refractivity contribution in [2.75, 3.05) is 0 Å². The summed E-state index contributed by atoms with van der Waals surface area (Å²) < 4.78 is 0. The summed E-state index contributed by atoms with van der Waals surface area (Å²) in [6, 6.07) is 0. The molecule has 0 spiro atoms. The van der Waals surface area contributed by atoms with Crippen molar-refractivity contribution >= 4 is 40.9 Å². The molecule has 0 aliphatic carbocycles. The number of rotatable bonds is 1. The summed E-state index contributed by atoms with van der Waals surface area (Å²) in [6.07, 6.45) is 2.53. The maximum Gasteiger partial charge on any atom is 0.198 e. The van der Waals surface area contributed by atoms with Crippen molar-refractivity contribution in [3.8, 4) is 0 Å². The van der Waals surface area contributed by atoms with E-state index in [1.165, 1.54) is 0 Å². The van der Waals surface area contributed by atoms with Crippen LogP contribution < -0.4 is 11.1 Å². The fourth-order valence-corrected chi connectivity index (χ4v) is 0.658. The molecule has 0 amide bonds. The van der Waals surface area contributed by atoms with Gasteiger partial charge >= 0.3 is 0 Å². The zero-order valence-corrected chi connectivity index (χ0v) is 7.26. The van der Waals surface area contributed by atoms with Crippen molar-refractivity contribution in [3.05, 3.63) is 0 Å². The van der Waals surface area contributed by atoms with Gasteiger partial charge in [0.25, 0.3) is 0 Å². The van der Waals surface area contributed by atoms with Crippen LogP contribution in [0.2, 0.25) is 0 Å². The first kappa shape index (κ1) is 9.45. The molecule has 0 saturated heterocycles. The van der Waals surface area contributed by atoms with Gasteiger partial charge in [0.15, 0.2) is 10.2 Å². The standard InChI is InChI=1S/C5H9N3S2/c1-2-3-7-5(10)8-4(6)9/h3H,2H2,1H3,(H3,6,8,9,10). The number of nitrogens with one attached hydrogen (secondary N) is 1. The molecule has 10 heavy (non-hydrogen) atoms. The predicted molar refractivity (Wildman–Crippen MR) is 51.3 cm³/mol. The Bertz CT molecular complexity index is 164. The van der Waals surface area contributed by atoms with Crippen LogP contribution in [0.15, 0.2) is 4.99 Å². The Morgan fingerprint density at radius 2 is 2.30 bits per heavy atom. The average Bonchev–Trinajstić information content (AvgIpc) is 1.82. The highest BCUT2D eigenvalue weighted by Gasteiger charge is 1.89. The van der Waals surface area contributed by atoms with Gasteiger partial charge in [-0.15, -0.1) is 0 Å². The van der Waals surface area contributed by atoms with Crippen LogP contribution in [-0.4, -0.2) is 16.4 Å². The highest BCUT2D eigenvalue weighted by Crippen LogP contribution is 1.75. The topological polar surface area (TPSA) is 50.4 Å². The number of nitrogens with two attached hydrogens (primary N) is 1. The Morgan fingerprint density at radius 1 is 1.70 bits per heavy atom. The molecule has 56 valence electrons. The van der Waals surface area contributed by atoms with Gasteiger partial charge in [-0.1, -0.05) is 6.92 Å². The van der Waals surface area contributed by atoms with Gasteiger partial charge in [0.2, 0.25) is 0 Å². The van der Waals surface area contributed by atoms with Gasteiger partial charge in [-0.25, -0.2) is 4.99 Å². The van der Waals surface area contributed by atoms with E-state index < -0.39 is 0 Å². The Morgan fingerprint density at radius 3 is 2.70 bits per heavy atom. The van der Waals surface area contributed by atoms with E-state index in [4.69, 9.17) is 18.0 Å². The molecular formula is C5H9N3S2. The van der Waals surface area contributed by atoms with Crippen molar-refractivity contribution in [2.24, 2.45) is 10.7 Å². The predicted octanol–water partition coefficient (Wildman–Crippen LogP) is 0.585.